The maximum absolute atomic E-state index is 13.4. The normalized spacial score (nSPS) is 10.3. The average molecular weight is 233 g/mol. The van der Waals surface area contributed by atoms with Gasteiger partial charge >= 0.3 is 0 Å². The molecular formula is C14H13F2N. The fourth-order valence-corrected chi connectivity index (χ4v) is 1.62. The zero-order chi connectivity index (χ0) is 12.3. The Balaban J connectivity index is 2.09. The summed E-state index contributed by atoms with van der Waals surface area (Å²) in [6, 6.07) is 11.1. The Hall–Kier alpha value is -1.90. The molecule has 0 heterocycles. The molecule has 0 aliphatic heterocycles. The zero-order valence-electron chi connectivity index (χ0n) is 9.50. The summed E-state index contributed by atoms with van der Waals surface area (Å²) in [7, 11) is 0. The highest BCUT2D eigenvalue weighted by Crippen LogP contribution is 2.16. The van der Waals surface area contributed by atoms with Crippen LogP contribution in [0.15, 0.2) is 42.5 Å². The second kappa shape index (κ2) is 4.95. The smallest absolute Gasteiger partial charge is 0.146 e. The molecule has 0 atom stereocenters. The van der Waals surface area contributed by atoms with Gasteiger partial charge in [0.2, 0.25) is 0 Å². The molecule has 3 heteroatoms. The topological polar surface area (TPSA) is 12.0 Å². The maximum Gasteiger partial charge on any atom is 0.146 e. The second-order valence-electron chi connectivity index (χ2n) is 3.97. The van der Waals surface area contributed by atoms with Crippen molar-refractivity contribution in [1.29, 1.82) is 0 Å². The van der Waals surface area contributed by atoms with E-state index in [1.807, 2.05) is 6.92 Å². The van der Waals surface area contributed by atoms with Gasteiger partial charge in [0.05, 0.1) is 5.69 Å². The van der Waals surface area contributed by atoms with Crippen LogP contribution < -0.4 is 5.32 Å². The summed E-state index contributed by atoms with van der Waals surface area (Å²) in [6.07, 6.45) is 0. The van der Waals surface area contributed by atoms with E-state index in [2.05, 4.69) is 5.32 Å². The Labute approximate surface area is 99.1 Å². The molecule has 1 nitrogen and oxygen atoms in total. The van der Waals surface area contributed by atoms with Crippen molar-refractivity contribution in [2.45, 2.75) is 13.5 Å². The molecule has 2 aromatic carbocycles. The lowest BCUT2D eigenvalue weighted by Crippen LogP contribution is -2.02. The lowest BCUT2D eigenvalue weighted by molar-refractivity contribution is 0.625. The molecule has 0 aliphatic rings. The van der Waals surface area contributed by atoms with Crippen molar-refractivity contribution in [3.05, 3.63) is 65.2 Å². The Morgan fingerprint density at radius 1 is 1.06 bits per heavy atom. The van der Waals surface area contributed by atoms with E-state index in [1.165, 1.54) is 18.2 Å². The van der Waals surface area contributed by atoms with Crippen molar-refractivity contribution >= 4 is 5.69 Å². The summed E-state index contributed by atoms with van der Waals surface area (Å²) < 4.78 is 26.3. The molecule has 17 heavy (non-hydrogen) atoms. The molecule has 0 saturated carbocycles. The quantitative estimate of drug-likeness (QED) is 0.848. The SMILES string of the molecule is Cc1ccc(F)c(NCc2cccc(F)c2)c1. The van der Waals surface area contributed by atoms with Gasteiger partial charge in [-0.15, -0.1) is 0 Å². The average Bonchev–Trinajstić information content (AvgIpc) is 2.30. The molecule has 0 aliphatic carbocycles. The Kier molecular flexibility index (Phi) is 3.38. The molecule has 0 spiro atoms. The number of nitrogens with one attached hydrogen (secondary N) is 1. The number of anilines is 1. The third-order valence-corrected chi connectivity index (χ3v) is 2.49. The van der Waals surface area contributed by atoms with Gasteiger partial charge in [0.1, 0.15) is 11.6 Å². The molecular weight excluding hydrogens is 220 g/mol. The van der Waals surface area contributed by atoms with Crippen LogP contribution >= 0.6 is 0 Å². The van der Waals surface area contributed by atoms with Gasteiger partial charge in [0.15, 0.2) is 0 Å². The highest BCUT2D eigenvalue weighted by molar-refractivity contribution is 5.47. The van der Waals surface area contributed by atoms with Gasteiger partial charge in [-0.2, -0.15) is 0 Å². The Bertz CT molecular complexity index is 523. The van der Waals surface area contributed by atoms with Crippen LogP contribution in [-0.2, 0) is 6.54 Å². The molecule has 0 unspecified atom stereocenters. The highest BCUT2D eigenvalue weighted by Gasteiger charge is 2.02. The van der Waals surface area contributed by atoms with Gasteiger partial charge in [-0.05, 0) is 42.3 Å². The van der Waals surface area contributed by atoms with Crippen molar-refractivity contribution in [1.82, 2.24) is 0 Å². The molecule has 0 saturated heterocycles. The van der Waals surface area contributed by atoms with E-state index in [-0.39, 0.29) is 11.6 Å². The van der Waals surface area contributed by atoms with E-state index in [0.717, 1.165) is 11.1 Å². The minimum atomic E-state index is -0.299. The monoisotopic (exact) mass is 233 g/mol. The first-order valence-corrected chi connectivity index (χ1v) is 5.39. The van der Waals surface area contributed by atoms with Gasteiger partial charge in [-0.1, -0.05) is 18.2 Å². The molecule has 0 radical (unpaired) electrons. The molecule has 2 rings (SSSR count). The molecule has 0 aromatic heterocycles. The zero-order valence-corrected chi connectivity index (χ0v) is 9.50. The van der Waals surface area contributed by atoms with Crippen LogP contribution in [0.4, 0.5) is 14.5 Å². The number of aryl methyl sites for hydroxylation is 1. The minimum Gasteiger partial charge on any atom is -0.379 e. The summed E-state index contributed by atoms with van der Waals surface area (Å²) in [5.41, 5.74) is 2.20. The second-order valence-corrected chi connectivity index (χ2v) is 3.97. The molecule has 88 valence electrons. The van der Waals surface area contributed by atoms with E-state index in [9.17, 15) is 8.78 Å². The predicted octanol–water partition coefficient (Wildman–Crippen LogP) is 3.89. The first-order chi connectivity index (χ1) is 8.15. The lowest BCUT2D eigenvalue weighted by atomic mass is 10.2. The van der Waals surface area contributed by atoms with Crippen LogP contribution in [0, 0.1) is 18.6 Å². The van der Waals surface area contributed by atoms with E-state index in [4.69, 9.17) is 0 Å². The Morgan fingerprint density at radius 2 is 1.88 bits per heavy atom. The third kappa shape index (κ3) is 3.03. The first kappa shape index (κ1) is 11.6. The largest absolute Gasteiger partial charge is 0.379 e. The van der Waals surface area contributed by atoms with Crippen LogP contribution in [0.5, 0.6) is 0 Å². The van der Waals surface area contributed by atoms with Crippen molar-refractivity contribution in [2.24, 2.45) is 0 Å². The van der Waals surface area contributed by atoms with E-state index in [0.29, 0.717) is 12.2 Å². The highest BCUT2D eigenvalue weighted by atomic mass is 19.1. The van der Waals surface area contributed by atoms with Crippen LogP contribution in [-0.4, -0.2) is 0 Å². The minimum absolute atomic E-state index is 0.283. The third-order valence-electron chi connectivity index (χ3n) is 2.49. The van der Waals surface area contributed by atoms with Gasteiger partial charge in [0, 0.05) is 6.54 Å². The summed E-state index contributed by atoms with van der Waals surface area (Å²) in [4.78, 5) is 0. The summed E-state index contributed by atoms with van der Waals surface area (Å²) in [5.74, 6) is -0.582. The number of halogens is 2. The van der Waals surface area contributed by atoms with E-state index >= 15 is 0 Å². The van der Waals surface area contributed by atoms with Crippen LogP contribution in [0.2, 0.25) is 0 Å². The fraction of sp³-hybridized carbons (Fsp3) is 0.143. The molecule has 0 bridgehead atoms. The van der Waals surface area contributed by atoms with E-state index < -0.39 is 0 Å². The number of hydrogen-bond donors (Lipinski definition) is 1. The van der Waals surface area contributed by atoms with Crippen molar-refractivity contribution in [3.63, 3.8) is 0 Å². The van der Waals surface area contributed by atoms with Crippen LogP contribution in [0.1, 0.15) is 11.1 Å². The molecule has 0 fully saturated rings. The fourth-order valence-electron chi connectivity index (χ4n) is 1.62. The number of benzene rings is 2. The van der Waals surface area contributed by atoms with Gasteiger partial charge in [0.25, 0.3) is 0 Å². The Morgan fingerprint density at radius 3 is 2.65 bits per heavy atom. The number of hydrogen-bond acceptors (Lipinski definition) is 1. The lowest BCUT2D eigenvalue weighted by Gasteiger charge is -2.08. The van der Waals surface area contributed by atoms with E-state index in [1.54, 1.807) is 24.3 Å². The standard InChI is InChI=1S/C14H13F2N/c1-10-5-6-13(16)14(7-10)17-9-11-3-2-4-12(15)8-11/h2-8,17H,9H2,1H3. The van der Waals surface area contributed by atoms with Gasteiger partial charge in [-0.3, -0.25) is 0 Å². The van der Waals surface area contributed by atoms with Crippen LogP contribution in [0.3, 0.4) is 0 Å². The summed E-state index contributed by atoms with van der Waals surface area (Å²) >= 11 is 0. The van der Waals surface area contributed by atoms with Gasteiger partial charge in [-0.25, -0.2) is 8.78 Å². The first-order valence-electron chi connectivity index (χ1n) is 5.39. The van der Waals surface area contributed by atoms with Crippen molar-refractivity contribution in [2.75, 3.05) is 5.32 Å². The molecule has 0 amide bonds. The number of rotatable bonds is 3. The van der Waals surface area contributed by atoms with Gasteiger partial charge < -0.3 is 5.32 Å². The van der Waals surface area contributed by atoms with Crippen molar-refractivity contribution < 1.29 is 8.78 Å². The van der Waals surface area contributed by atoms with Crippen molar-refractivity contribution in [3.8, 4) is 0 Å². The molecule has 1 N–H and O–H groups in total. The van der Waals surface area contributed by atoms with Crippen LogP contribution in [0.25, 0.3) is 0 Å². The summed E-state index contributed by atoms with van der Waals surface area (Å²) in [6.45, 7) is 2.30. The maximum atomic E-state index is 13.4. The summed E-state index contributed by atoms with van der Waals surface area (Å²) in [5, 5.41) is 2.96. The molecule has 2 aromatic rings. The predicted molar refractivity (Wildman–Crippen MR) is 64.9 cm³/mol.